The van der Waals surface area contributed by atoms with Crippen LogP contribution in [0.2, 0.25) is 0 Å². The second kappa shape index (κ2) is 3.52. The van der Waals surface area contributed by atoms with Crippen LogP contribution in [0, 0.1) is 11.3 Å². The van der Waals surface area contributed by atoms with Crippen molar-refractivity contribution in [1.82, 2.24) is 0 Å². The number of ketones is 1. The van der Waals surface area contributed by atoms with Gasteiger partial charge in [0.25, 0.3) is 0 Å². The molecule has 0 aliphatic heterocycles. The molecule has 0 aromatic carbocycles. The maximum absolute atomic E-state index is 12.0. The molecule has 2 bridgehead atoms. The maximum atomic E-state index is 12.0. The van der Waals surface area contributed by atoms with E-state index in [-0.39, 0.29) is 5.41 Å². The zero-order valence-electron chi connectivity index (χ0n) is 9.31. The van der Waals surface area contributed by atoms with Gasteiger partial charge in [0.1, 0.15) is 5.78 Å². The molecule has 1 heteroatoms. The summed E-state index contributed by atoms with van der Waals surface area (Å²) >= 11 is 0. The molecule has 0 radical (unpaired) electrons. The Kier molecular flexibility index (Phi) is 2.50. The third-order valence-corrected chi connectivity index (χ3v) is 4.04. The van der Waals surface area contributed by atoms with Crippen molar-refractivity contribution in [2.75, 3.05) is 0 Å². The Morgan fingerprint density at radius 3 is 2.86 bits per heavy atom. The Labute approximate surface area is 86.6 Å². The highest BCUT2D eigenvalue weighted by Gasteiger charge is 2.40. The van der Waals surface area contributed by atoms with Crippen molar-refractivity contribution >= 4 is 5.78 Å². The molecule has 0 amide bonds. The number of hydrogen-bond donors (Lipinski definition) is 0. The van der Waals surface area contributed by atoms with Gasteiger partial charge in [-0.25, -0.2) is 0 Å². The number of rotatable bonds is 0. The van der Waals surface area contributed by atoms with Crippen LogP contribution in [-0.4, -0.2) is 5.78 Å². The summed E-state index contributed by atoms with van der Waals surface area (Å²) in [5.74, 6) is 0.822. The summed E-state index contributed by atoms with van der Waals surface area (Å²) in [6.07, 6.45) is 8.92. The van der Waals surface area contributed by atoms with Crippen LogP contribution in [0.5, 0.6) is 0 Å². The van der Waals surface area contributed by atoms with Crippen LogP contribution in [0.3, 0.4) is 0 Å². The van der Waals surface area contributed by atoms with Gasteiger partial charge in [-0.1, -0.05) is 25.5 Å². The molecule has 0 heterocycles. The van der Waals surface area contributed by atoms with Crippen LogP contribution in [0.15, 0.2) is 11.6 Å². The number of carbonyl (C=O) groups excluding carboxylic acids is 1. The maximum Gasteiger partial charge on any atom is 0.136 e. The zero-order chi connectivity index (χ0) is 10.2. The van der Waals surface area contributed by atoms with Crippen LogP contribution in [0.25, 0.3) is 0 Å². The van der Waals surface area contributed by atoms with Gasteiger partial charge in [0.15, 0.2) is 0 Å². The molecule has 14 heavy (non-hydrogen) atoms. The number of allylic oxidation sites excluding steroid dienone is 2. The fraction of sp³-hybridized carbons (Fsp3) is 0.769. The molecule has 0 aromatic rings. The third-order valence-electron chi connectivity index (χ3n) is 4.04. The summed E-state index contributed by atoms with van der Waals surface area (Å²) in [5, 5.41) is 0. The second-order valence-electron chi connectivity index (χ2n) is 5.25. The summed E-state index contributed by atoms with van der Waals surface area (Å²) in [6.45, 7) is 4.51. The Morgan fingerprint density at radius 2 is 2.07 bits per heavy atom. The van der Waals surface area contributed by atoms with Crippen molar-refractivity contribution in [1.29, 1.82) is 0 Å². The highest BCUT2D eigenvalue weighted by molar-refractivity contribution is 5.82. The first-order valence-electron chi connectivity index (χ1n) is 5.84. The van der Waals surface area contributed by atoms with E-state index in [2.05, 4.69) is 19.9 Å². The Bertz CT molecular complexity index is 273. The Balaban J connectivity index is 2.36. The largest absolute Gasteiger partial charge is 0.299 e. The summed E-state index contributed by atoms with van der Waals surface area (Å²) in [4.78, 5) is 12.0. The lowest BCUT2D eigenvalue weighted by Crippen LogP contribution is -2.36. The number of fused-ring (bicyclic) bond motifs is 2. The van der Waals surface area contributed by atoms with E-state index < -0.39 is 0 Å². The molecule has 1 atom stereocenters. The van der Waals surface area contributed by atoms with Gasteiger partial charge in [-0.15, -0.1) is 0 Å². The SMILES string of the molecule is CC1(C)/C2=C\CCCC(=O)[C@H]1CCC2. The van der Waals surface area contributed by atoms with Crippen LogP contribution >= 0.6 is 0 Å². The van der Waals surface area contributed by atoms with Crippen molar-refractivity contribution in [3.05, 3.63) is 11.6 Å². The van der Waals surface area contributed by atoms with Crippen molar-refractivity contribution in [2.45, 2.75) is 52.4 Å². The lowest BCUT2D eigenvalue weighted by atomic mass is 9.62. The smallest absolute Gasteiger partial charge is 0.136 e. The first kappa shape index (κ1) is 9.95. The lowest BCUT2D eigenvalue weighted by molar-refractivity contribution is -0.126. The minimum atomic E-state index is 0.149. The average Bonchev–Trinajstić information content (AvgIpc) is 2.14. The molecule has 0 unspecified atom stereocenters. The van der Waals surface area contributed by atoms with Crippen LogP contribution in [-0.2, 0) is 4.79 Å². The molecule has 2 aliphatic carbocycles. The summed E-state index contributed by atoms with van der Waals surface area (Å²) in [7, 11) is 0. The molecule has 0 N–H and O–H groups in total. The van der Waals surface area contributed by atoms with E-state index in [1.807, 2.05) is 0 Å². The molecule has 78 valence electrons. The topological polar surface area (TPSA) is 17.1 Å². The van der Waals surface area contributed by atoms with E-state index in [9.17, 15) is 4.79 Å². The van der Waals surface area contributed by atoms with Crippen LogP contribution in [0.4, 0.5) is 0 Å². The minimum Gasteiger partial charge on any atom is -0.299 e. The molecule has 2 aliphatic rings. The summed E-state index contributed by atoms with van der Waals surface area (Å²) in [6, 6.07) is 0. The average molecular weight is 192 g/mol. The predicted molar refractivity (Wildman–Crippen MR) is 58.1 cm³/mol. The molecular formula is C13H20O. The highest BCUT2D eigenvalue weighted by Crippen LogP contribution is 2.46. The van der Waals surface area contributed by atoms with Crippen molar-refractivity contribution < 1.29 is 4.79 Å². The van der Waals surface area contributed by atoms with Gasteiger partial charge in [-0.05, 0) is 37.5 Å². The van der Waals surface area contributed by atoms with Gasteiger partial charge in [-0.2, -0.15) is 0 Å². The second-order valence-corrected chi connectivity index (χ2v) is 5.25. The minimum absolute atomic E-state index is 0.149. The molecule has 1 nitrogen and oxygen atoms in total. The van der Waals surface area contributed by atoms with E-state index in [1.165, 1.54) is 12.8 Å². The summed E-state index contributed by atoms with van der Waals surface area (Å²) in [5.41, 5.74) is 1.69. The van der Waals surface area contributed by atoms with Crippen molar-refractivity contribution in [3.63, 3.8) is 0 Å². The molecule has 2 rings (SSSR count). The summed E-state index contributed by atoms with van der Waals surface area (Å²) < 4.78 is 0. The molecular weight excluding hydrogens is 172 g/mol. The third kappa shape index (κ3) is 1.53. The van der Waals surface area contributed by atoms with E-state index in [1.54, 1.807) is 5.57 Å². The molecule has 1 saturated carbocycles. The van der Waals surface area contributed by atoms with E-state index >= 15 is 0 Å². The fourth-order valence-electron chi connectivity index (χ4n) is 3.06. The lowest BCUT2D eigenvalue weighted by Gasteiger charge is -2.41. The van der Waals surface area contributed by atoms with Crippen molar-refractivity contribution in [2.24, 2.45) is 11.3 Å². The van der Waals surface area contributed by atoms with Crippen molar-refractivity contribution in [3.8, 4) is 0 Å². The molecule has 0 saturated heterocycles. The monoisotopic (exact) mass is 192 g/mol. The number of carbonyl (C=O) groups is 1. The quantitative estimate of drug-likeness (QED) is 0.537. The van der Waals surface area contributed by atoms with E-state index in [0.29, 0.717) is 11.7 Å². The van der Waals surface area contributed by atoms with Gasteiger partial charge >= 0.3 is 0 Å². The molecule has 1 fully saturated rings. The highest BCUT2D eigenvalue weighted by atomic mass is 16.1. The normalized spacial score (nSPS) is 35.4. The first-order valence-corrected chi connectivity index (χ1v) is 5.84. The zero-order valence-corrected chi connectivity index (χ0v) is 9.31. The van der Waals surface area contributed by atoms with Crippen LogP contribution in [0.1, 0.15) is 52.4 Å². The fourth-order valence-corrected chi connectivity index (χ4v) is 3.06. The molecule has 0 spiro atoms. The first-order chi connectivity index (χ1) is 6.62. The van der Waals surface area contributed by atoms with E-state index in [0.717, 1.165) is 25.7 Å². The van der Waals surface area contributed by atoms with Gasteiger partial charge in [0.05, 0.1) is 0 Å². The molecule has 0 aromatic heterocycles. The van der Waals surface area contributed by atoms with Gasteiger partial charge in [0.2, 0.25) is 0 Å². The van der Waals surface area contributed by atoms with Gasteiger partial charge in [0, 0.05) is 12.3 Å². The standard InChI is InChI=1S/C13H20O/c1-13(2)10-6-3-4-9-12(14)11(13)8-5-7-10/h6,11H,3-5,7-9H2,1-2H3/b10-6-/t11-/m1/s1. The van der Waals surface area contributed by atoms with Crippen LogP contribution < -0.4 is 0 Å². The number of hydrogen-bond acceptors (Lipinski definition) is 1. The Morgan fingerprint density at radius 1 is 1.29 bits per heavy atom. The van der Waals surface area contributed by atoms with Gasteiger partial charge < -0.3 is 0 Å². The Hall–Kier alpha value is -0.590. The number of Topliss-reactive ketones (excluding diaryl/α,β-unsaturated/α-hetero) is 1. The van der Waals surface area contributed by atoms with Gasteiger partial charge in [-0.3, -0.25) is 4.79 Å². The van der Waals surface area contributed by atoms with E-state index in [4.69, 9.17) is 0 Å². The predicted octanol–water partition coefficient (Wildman–Crippen LogP) is 3.49.